The molecule has 0 atom stereocenters. The van der Waals surface area contributed by atoms with Crippen LogP contribution in [-0.4, -0.2) is 22.7 Å². The van der Waals surface area contributed by atoms with Crippen molar-refractivity contribution >= 4 is 17.1 Å². The van der Waals surface area contributed by atoms with E-state index >= 15 is 0 Å². The Bertz CT molecular complexity index is 408. The Morgan fingerprint density at radius 2 is 2.33 bits per heavy atom. The standard InChI is InChI=1S/C11H14N2OS/c1-8-11(15-7-12-8)6-13(2)9-3-4-10(14)5-9/h5,7H,3-4,6H2,1-2H3. The Kier molecular flexibility index (Phi) is 2.86. The quantitative estimate of drug-likeness (QED) is 0.785. The van der Waals surface area contributed by atoms with Crippen LogP contribution >= 0.6 is 11.3 Å². The molecule has 0 unspecified atom stereocenters. The molecule has 15 heavy (non-hydrogen) atoms. The van der Waals surface area contributed by atoms with E-state index in [0.29, 0.717) is 6.42 Å². The van der Waals surface area contributed by atoms with Gasteiger partial charge in [-0.25, -0.2) is 4.98 Å². The first-order valence-electron chi connectivity index (χ1n) is 5.00. The smallest absolute Gasteiger partial charge is 0.157 e. The second-order valence-electron chi connectivity index (χ2n) is 3.82. The van der Waals surface area contributed by atoms with E-state index in [9.17, 15) is 4.79 Å². The van der Waals surface area contributed by atoms with E-state index in [4.69, 9.17) is 0 Å². The van der Waals surface area contributed by atoms with E-state index in [2.05, 4.69) is 9.88 Å². The Hall–Kier alpha value is -1.16. The molecule has 0 radical (unpaired) electrons. The van der Waals surface area contributed by atoms with Gasteiger partial charge in [-0.2, -0.15) is 0 Å². The molecular formula is C11H14N2OS. The highest BCUT2D eigenvalue weighted by Crippen LogP contribution is 2.22. The van der Waals surface area contributed by atoms with Gasteiger partial charge in [0.15, 0.2) is 5.78 Å². The van der Waals surface area contributed by atoms with E-state index in [1.54, 1.807) is 17.4 Å². The monoisotopic (exact) mass is 222 g/mol. The largest absolute Gasteiger partial charge is 0.373 e. The summed E-state index contributed by atoms with van der Waals surface area (Å²) < 4.78 is 0. The number of ketones is 1. The average Bonchev–Trinajstić information content (AvgIpc) is 2.77. The molecule has 0 bridgehead atoms. The highest BCUT2D eigenvalue weighted by molar-refractivity contribution is 7.09. The lowest BCUT2D eigenvalue weighted by Gasteiger charge is -2.19. The number of allylic oxidation sites excluding steroid dienone is 2. The molecule has 0 saturated heterocycles. The van der Waals surface area contributed by atoms with E-state index in [-0.39, 0.29) is 5.78 Å². The van der Waals surface area contributed by atoms with E-state index in [1.165, 1.54) is 4.88 Å². The third kappa shape index (κ3) is 2.26. The van der Waals surface area contributed by atoms with Gasteiger partial charge in [0.1, 0.15) is 0 Å². The Morgan fingerprint density at radius 1 is 1.53 bits per heavy atom. The lowest BCUT2D eigenvalue weighted by Crippen LogP contribution is -2.15. The van der Waals surface area contributed by atoms with Crippen molar-refractivity contribution in [1.29, 1.82) is 0 Å². The van der Waals surface area contributed by atoms with Crippen LogP contribution in [0.3, 0.4) is 0 Å². The number of carbonyl (C=O) groups is 1. The van der Waals surface area contributed by atoms with Crippen LogP contribution in [0.1, 0.15) is 23.4 Å². The topological polar surface area (TPSA) is 33.2 Å². The number of rotatable bonds is 3. The molecule has 0 aromatic carbocycles. The molecule has 4 heteroatoms. The highest BCUT2D eigenvalue weighted by Gasteiger charge is 2.16. The van der Waals surface area contributed by atoms with Crippen LogP contribution < -0.4 is 0 Å². The predicted octanol–water partition coefficient (Wildman–Crippen LogP) is 2.13. The molecular weight excluding hydrogens is 208 g/mol. The molecule has 1 aromatic heterocycles. The fraction of sp³-hybridized carbons (Fsp3) is 0.455. The van der Waals surface area contributed by atoms with Gasteiger partial charge in [0.2, 0.25) is 0 Å². The first kappa shape index (κ1) is 10.4. The van der Waals surface area contributed by atoms with Gasteiger partial charge in [-0.3, -0.25) is 4.79 Å². The predicted molar refractivity (Wildman–Crippen MR) is 60.6 cm³/mol. The van der Waals surface area contributed by atoms with Crippen molar-refractivity contribution in [3.8, 4) is 0 Å². The van der Waals surface area contributed by atoms with Crippen molar-refractivity contribution in [3.63, 3.8) is 0 Å². The highest BCUT2D eigenvalue weighted by atomic mass is 32.1. The molecule has 0 saturated carbocycles. The molecule has 0 N–H and O–H groups in total. The summed E-state index contributed by atoms with van der Waals surface area (Å²) in [7, 11) is 2.03. The minimum absolute atomic E-state index is 0.248. The summed E-state index contributed by atoms with van der Waals surface area (Å²) in [4.78, 5) is 18.8. The maximum absolute atomic E-state index is 11.1. The van der Waals surface area contributed by atoms with Crippen molar-refractivity contribution in [3.05, 3.63) is 27.9 Å². The van der Waals surface area contributed by atoms with Gasteiger partial charge in [0, 0.05) is 30.1 Å². The second kappa shape index (κ2) is 4.14. The maximum atomic E-state index is 11.1. The molecule has 80 valence electrons. The molecule has 0 amide bonds. The van der Waals surface area contributed by atoms with Gasteiger partial charge >= 0.3 is 0 Å². The van der Waals surface area contributed by atoms with Crippen LogP contribution in [0.15, 0.2) is 17.3 Å². The number of carbonyl (C=O) groups excluding carboxylic acids is 1. The fourth-order valence-corrected chi connectivity index (χ4v) is 2.51. The first-order valence-corrected chi connectivity index (χ1v) is 5.88. The van der Waals surface area contributed by atoms with Gasteiger partial charge in [-0.1, -0.05) is 0 Å². The summed E-state index contributed by atoms with van der Waals surface area (Å²) in [5.74, 6) is 0.248. The number of aryl methyl sites for hydroxylation is 1. The number of thiazole rings is 1. The minimum atomic E-state index is 0.248. The Morgan fingerprint density at radius 3 is 2.87 bits per heavy atom. The van der Waals surface area contributed by atoms with E-state index < -0.39 is 0 Å². The summed E-state index contributed by atoms with van der Waals surface area (Å²) in [6, 6.07) is 0. The molecule has 1 aliphatic rings. The summed E-state index contributed by atoms with van der Waals surface area (Å²) in [6.45, 7) is 2.88. The van der Waals surface area contributed by atoms with Crippen LogP contribution in [0.2, 0.25) is 0 Å². The van der Waals surface area contributed by atoms with Crippen molar-refractivity contribution in [2.24, 2.45) is 0 Å². The van der Waals surface area contributed by atoms with Gasteiger partial charge in [-0.15, -0.1) is 11.3 Å². The molecule has 3 nitrogen and oxygen atoms in total. The molecule has 1 aromatic rings. The third-order valence-electron chi connectivity index (χ3n) is 2.67. The van der Waals surface area contributed by atoms with Crippen LogP contribution in [0.25, 0.3) is 0 Å². The fourth-order valence-electron chi connectivity index (χ4n) is 1.68. The SMILES string of the molecule is Cc1ncsc1CN(C)C1=CC(=O)CC1. The summed E-state index contributed by atoms with van der Waals surface area (Å²) in [6.07, 6.45) is 3.31. The number of aromatic nitrogens is 1. The number of hydrogen-bond acceptors (Lipinski definition) is 4. The van der Waals surface area contributed by atoms with Crippen LogP contribution in [0.4, 0.5) is 0 Å². The maximum Gasteiger partial charge on any atom is 0.157 e. The van der Waals surface area contributed by atoms with E-state index in [0.717, 1.165) is 24.4 Å². The second-order valence-corrected chi connectivity index (χ2v) is 4.76. The summed E-state index contributed by atoms with van der Waals surface area (Å²) >= 11 is 1.67. The van der Waals surface area contributed by atoms with Crippen molar-refractivity contribution in [2.75, 3.05) is 7.05 Å². The van der Waals surface area contributed by atoms with Crippen molar-refractivity contribution < 1.29 is 4.79 Å². The molecule has 1 heterocycles. The van der Waals surface area contributed by atoms with Gasteiger partial charge < -0.3 is 4.90 Å². The minimum Gasteiger partial charge on any atom is -0.373 e. The average molecular weight is 222 g/mol. The third-order valence-corrected chi connectivity index (χ3v) is 3.59. The van der Waals surface area contributed by atoms with Gasteiger partial charge in [0.05, 0.1) is 17.7 Å². The molecule has 1 aliphatic carbocycles. The number of hydrogen-bond donors (Lipinski definition) is 0. The number of nitrogens with zero attached hydrogens (tertiary/aromatic N) is 2. The molecule has 0 fully saturated rings. The van der Waals surface area contributed by atoms with Crippen molar-refractivity contribution in [2.45, 2.75) is 26.3 Å². The summed E-state index contributed by atoms with van der Waals surface area (Å²) in [5.41, 5.74) is 4.11. The zero-order valence-corrected chi connectivity index (χ0v) is 9.80. The first-order chi connectivity index (χ1) is 7.16. The zero-order chi connectivity index (χ0) is 10.8. The lowest BCUT2D eigenvalue weighted by atomic mass is 10.3. The van der Waals surface area contributed by atoms with Crippen LogP contribution in [0, 0.1) is 6.92 Å². The Balaban J connectivity index is 2.04. The molecule has 2 rings (SSSR count). The summed E-state index contributed by atoms with van der Waals surface area (Å²) in [5, 5.41) is 0. The molecule has 0 spiro atoms. The molecule has 0 aliphatic heterocycles. The van der Waals surface area contributed by atoms with Gasteiger partial charge in [-0.05, 0) is 13.3 Å². The normalized spacial score (nSPS) is 15.6. The van der Waals surface area contributed by atoms with Crippen molar-refractivity contribution in [1.82, 2.24) is 9.88 Å². The van der Waals surface area contributed by atoms with Crippen LogP contribution in [-0.2, 0) is 11.3 Å². The Labute approximate surface area is 93.4 Å². The van der Waals surface area contributed by atoms with E-state index in [1.807, 2.05) is 19.5 Å². The van der Waals surface area contributed by atoms with Crippen LogP contribution in [0.5, 0.6) is 0 Å². The lowest BCUT2D eigenvalue weighted by molar-refractivity contribution is -0.114. The van der Waals surface area contributed by atoms with Gasteiger partial charge in [0.25, 0.3) is 0 Å². The zero-order valence-electron chi connectivity index (χ0n) is 8.99.